The van der Waals surface area contributed by atoms with Gasteiger partial charge in [-0.05, 0) is 0 Å². The first-order chi connectivity index (χ1) is 6.19. The molecule has 0 aromatic rings. The van der Waals surface area contributed by atoms with Crippen molar-refractivity contribution in [1.82, 2.24) is 4.90 Å². The minimum absolute atomic E-state index is 0.126. The summed E-state index contributed by atoms with van der Waals surface area (Å²) >= 11 is 0. The van der Waals surface area contributed by atoms with E-state index in [1.54, 1.807) is 0 Å². The molecule has 13 heavy (non-hydrogen) atoms. The molecule has 1 aliphatic rings. The lowest BCUT2D eigenvalue weighted by atomic mass is 9.93. The molecule has 0 aromatic carbocycles. The number of likely N-dealkylation sites (tertiary alicyclic amines) is 1. The predicted molar refractivity (Wildman–Crippen MR) is 47.9 cm³/mol. The normalized spacial score (nSPS) is 35.7. The molecule has 0 spiro atoms. The summed E-state index contributed by atoms with van der Waals surface area (Å²) in [7, 11) is 0. The number of rotatable bonds is 2. The summed E-state index contributed by atoms with van der Waals surface area (Å²) in [5.41, 5.74) is 0. The summed E-state index contributed by atoms with van der Waals surface area (Å²) in [5.74, 6) is 2.17. The maximum atomic E-state index is 9.44. The maximum absolute atomic E-state index is 9.44. The van der Waals surface area contributed by atoms with E-state index in [1.165, 1.54) is 0 Å². The zero-order chi connectivity index (χ0) is 9.84. The number of hydrogen-bond donors (Lipinski definition) is 3. The lowest BCUT2D eigenvalue weighted by Gasteiger charge is -2.37. The van der Waals surface area contributed by atoms with Gasteiger partial charge in [-0.1, -0.05) is 5.92 Å². The van der Waals surface area contributed by atoms with Gasteiger partial charge in [-0.15, -0.1) is 6.42 Å². The molecule has 74 valence electrons. The van der Waals surface area contributed by atoms with Gasteiger partial charge in [0.15, 0.2) is 0 Å². The summed E-state index contributed by atoms with van der Waals surface area (Å²) in [4.78, 5) is 1.85. The van der Waals surface area contributed by atoms with Crippen LogP contribution < -0.4 is 0 Å². The molecule has 0 saturated carbocycles. The fourth-order valence-electron chi connectivity index (χ4n) is 1.62. The highest BCUT2D eigenvalue weighted by atomic mass is 16.3. The first-order valence-electron chi connectivity index (χ1n) is 4.31. The fraction of sp³-hybridized carbons (Fsp3) is 0.778. The number of β-amino-alcohol motifs (C(OH)–C–C–N with tert-alkyl or cyclic N) is 1. The van der Waals surface area contributed by atoms with Gasteiger partial charge >= 0.3 is 0 Å². The van der Waals surface area contributed by atoms with Crippen LogP contribution in [-0.2, 0) is 0 Å². The van der Waals surface area contributed by atoms with E-state index in [0.717, 1.165) is 0 Å². The SMILES string of the molecule is C#CCN1CC(O)C(O)C(CO)C1. The van der Waals surface area contributed by atoms with Crippen LogP contribution in [0.5, 0.6) is 0 Å². The van der Waals surface area contributed by atoms with Crippen molar-refractivity contribution in [3.8, 4) is 12.3 Å². The summed E-state index contributed by atoms with van der Waals surface area (Å²) < 4.78 is 0. The zero-order valence-corrected chi connectivity index (χ0v) is 7.43. The quantitative estimate of drug-likeness (QED) is 0.447. The van der Waals surface area contributed by atoms with E-state index in [1.807, 2.05) is 4.90 Å². The first-order valence-corrected chi connectivity index (χ1v) is 4.31. The molecule has 1 saturated heterocycles. The third kappa shape index (κ3) is 2.42. The Hall–Kier alpha value is -0.600. The highest BCUT2D eigenvalue weighted by Crippen LogP contribution is 2.16. The summed E-state index contributed by atoms with van der Waals surface area (Å²) in [6, 6.07) is 0. The molecule has 4 nitrogen and oxygen atoms in total. The first kappa shape index (κ1) is 10.5. The molecule has 3 N–H and O–H groups in total. The van der Waals surface area contributed by atoms with Crippen LogP contribution in [0, 0.1) is 18.3 Å². The summed E-state index contributed by atoms with van der Waals surface area (Å²) in [5, 5.41) is 27.8. The molecular formula is C9H15NO3. The molecule has 0 aromatic heterocycles. The number of hydrogen-bond acceptors (Lipinski definition) is 4. The lowest BCUT2D eigenvalue weighted by Crippen LogP contribution is -2.53. The molecule has 4 heteroatoms. The van der Waals surface area contributed by atoms with Crippen molar-refractivity contribution in [3.05, 3.63) is 0 Å². The largest absolute Gasteiger partial charge is 0.396 e. The number of piperidine rings is 1. The van der Waals surface area contributed by atoms with Gasteiger partial charge in [-0.2, -0.15) is 0 Å². The van der Waals surface area contributed by atoms with Crippen molar-refractivity contribution in [2.75, 3.05) is 26.2 Å². The second-order valence-electron chi connectivity index (χ2n) is 3.40. The number of aliphatic hydroxyl groups excluding tert-OH is 3. The second kappa shape index (κ2) is 4.58. The number of terminal acetylenes is 1. The van der Waals surface area contributed by atoms with E-state index in [2.05, 4.69) is 5.92 Å². The topological polar surface area (TPSA) is 63.9 Å². The lowest BCUT2D eigenvalue weighted by molar-refractivity contribution is -0.0832. The molecule has 0 aliphatic carbocycles. The molecule has 3 unspecified atom stereocenters. The Morgan fingerprint density at radius 3 is 2.62 bits per heavy atom. The van der Waals surface area contributed by atoms with Gasteiger partial charge in [0, 0.05) is 25.6 Å². The summed E-state index contributed by atoms with van der Waals surface area (Å²) in [6.45, 7) is 1.24. The molecule has 1 heterocycles. The number of aliphatic hydroxyl groups is 3. The van der Waals surface area contributed by atoms with Crippen LogP contribution in [-0.4, -0.2) is 58.7 Å². The highest BCUT2D eigenvalue weighted by molar-refractivity contribution is 4.93. The third-order valence-electron chi connectivity index (χ3n) is 2.36. The van der Waals surface area contributed by atoms with Crippen molar-refractivity contribution < 1.29 is 15.3 Å². The van der Waals surface area contributed by atoms with Crippen LogP contribution in [0.4, 0.5) is 0 Å². The average molecular weight is 185 g/mol. The van der Waals surface area contributed by atoms with E-state index in [9.17, 15) is 10.2 Å². The van der Waals surface area contributed by atoms with Crippen molar-refractivity contribution in [2.24, 2.45) is 5.92 Å². The molecule has 1 rings (SSSR count). The van der Waals surface area contributed by atoms with Gasteiger partial charge in [0.2, 0.25) is 0 Å². The van der Waals surface area contributed by atoms with Crippen LogP contribution in [0.2, 0.25) is 0 Å². The van der Waals surface area contributed by atoms with Gasteiger partial charge < -0.3 is 15.3 Å². The standard InChI is InChI=1S/C9H15NO3/c1-2-3-10-4-7(6-11)9(13)8(12)5-10/h1,7-9,11-13H,3-6H2. The molecule has 3 atom stereocenters. The van der Waals surface area contributed by atoms with Gasteiger partial charge in [-0.25, -0.2) is 0 Å². The Morgan fingerprint density at radius 2 is 2.08 bits per heavy atom. The molecule has 0 radical (unpaired) electrons. The Labute approximate surface area is 77.8 Å². The number of nitrogens with zero attached hydrogens (tertiary/aromatic N) is 1. The minimum Gasteiger partial charge on any atom is -0.396 e. The van der Waals surface area contributed by atoms with Gasteiger partial charge in [0.1, 0.15) is 0 Å². The van der Waals surface area contributed by atoms with Crippen molar-refractivity contribution in [2.45, 2.75) is 12.2 Å². The van der Waals surface area contributed by atoms with E-state index in [-0.39, 0.29) is 12.5 Å². The van der Waals surface area contributed by atoms with E-state index in [0.29, 0.717) is 19.6 Å². The van der Waals surface area contributed by atoms with Crippen LogP contribution in [0.15, 0.2) is 0 Å². The fourth-order valence-corrected chi connectivity index (χ4v) is 1.62. The van der Waals surface area contributed by atoms with E-state index < -0.39 is 12.2 Å². The monoisotopic (exact) mass is 185 g/mol. The molecule has 0 amide bonds. The van der Waals surface area contributed by atoms with Crippen LogP contribution in [0.3, 0.4) is 0 Å². The minimum atomic E-state index is -0.834. The van der Waals surface area contributed by atoms with Gasteiger partial charge in [0.05, 0.1) is 18.8 Å². The smallest absolute Gasteiger partial charge is 0.0930 e. The third-order valence-corrected chi connectivity index (χ3v) is 2.36. The summed E-state index contributed by atoms with van der Waals surface area (Å²) in [6.07, 6.45) is 3.49. The van der Waals surface area contributed by atoms with E-state index >= 15 is 0 Å². The van der Waals surface area contributed by atoms with Crippen LogP contribution in [0.25, 0.3) is 0 Å². The van der Waals surface area contributed by atoms with Crippen LogP contribution >= 0.6 is 0 Å². The maximum Gasteiger partial charge on any atom is 0.0930 e. The second-order valence-corrected chi connectivity index (χ2v) is 3.40. The average Bonchev–Trinajstić information content (AvgIpc) is 2.11. The van der Waals surface area contributed by atoms with Gasteiger partial charge in [-0.3, -0.25) is 4.90 Å². The zero-order valence-electron chi connectivity index (χ0n) is 7.43. The van der Waals surface area contributed by atoms with Crippen LogP contribution in [0.1, 0.15) is 0 Å². The Balaban J connectivity index is 2.53. The molecular weight excluding hydrogens is 170 g/mol. The van der Waals surface area contributed by atoms with Crippen molar-refractivity contribution in [1.29, 1.82) is 0 Å². The van der Waals surface area contributed by atoms with Gasteiger partial charge in [0.25, 0.3) is 0 Å². The Kier molecular flexibility index (Phi) is 3.70. The van der Waals surface area contributed by atoms with E-state index in [4.69, 9.17) is 11.5 Å². The molecule has 0 bridgehead atoms. The Bertz CT molecular complexity index is 202. The van der Waals surface area contributed by atoms with Crippen molar-refractivity contribution >= 4 is 0 Å². The highest BCUT2D eigenvalue weighted by Gasteiger charge is 2.33. The van der Waals surface area contributed by atoms with Crippen molar-refractivity contribution in [3.63, 3.8) is 0 Å². The predicted octanol–water partition coefficient (Wildman–Crippen LogP) is -1.73. The Morgan fingerprint density at radius 1 is 1.38 bits per heavy atom. The molecule has 1 aliphatic heterocycles. The molecule has 1 fully saturated rings.